The minimum absolute atomic E-state index is 0.883. The van der Waals surface area contributed by atoms with Crippen LogP contribution in [0, 0.1) is 0 Å². The molecule has 3 nitrogen and oxygen atoms in total. The molecule has 19 heavy (non-hydrogen) atoms. The third-order valence-electron chi connectivity index (χ3n) is 3.29. The first-order chi connectivity index (χ1) is 9.42. The molecule has 0 saturated carbocycles. The normalized spacial score (nSPS) is 18.1. The molecule has 0 atom stereocenters. The van der Waals surface area contributed by atoms with Gasteiger partial charge in [0, 0.05) is 23.2 Å². The maximum Gasteiger partial charge on any atom is 0.110 e. The number of nitrogens with zero attached hydrogens (tertiary/aromatic N) is 3. The smallest absolute Gasteiger partial charge is 0.110 e. The monoisotopic (exact) mass is 245 g/mol. The highest BCUT2D eigenvalue weighted by Crippen LogP contribution is 2.22. The first kappa shape index (κ1) is 10.3. The average Bonchev–Trinajstić information content (AvgIpc) is 2.76. The van der Waals surface area contributed by atoms with E-state index in [2.05, 4.69) is 28.4 Å². The first-order valence-electron chi connectivity index (χ1n) is 6.20. The van der Waals surface area contributed by atoms with Gasteiger partial charge in [-0.3, -0.25) is 4.99 Å². The molecule has 1 aliphatic rings. The van der Waals surface area contributed by atoms with E-state index in [1.54, 1.807) is 0 Å². The van der Waals surface area contributed by atoms with Crippen LogP contribution in [0.25, 0.3) is 16.8 Å². The van der Waals surface area contributed by atoms with Gasteiger partial charge in [0.05, 0.1) is 11.1 Å². The van der Waals surface area contributed by atoms with Gasteiger partial charge in [0.1, 0.15) is 5.36 Å². The molecule has 90 valence electrons. The summed E-state index contributed by atoms with van der Waals surface area (Å²) in [5.41, 5.74) is 1.06. The predicted molar refractivity (Wildman–Crippen MR) is 75.1 cm³/mol. The maximum atomic E-state index is 4.67. The van der Waals surface area contributed by atoms with Crippen molar-refractivity contribution in [2.45, 2.75) is 0 Å². The van der Waals surface area contributed by atoms with Crippen LogP contribution in [0.5, 0.6) is 0 Å². The molecule has 4 rings (SSSR count). The van der Waals surface area contributed by atoms with Crippen molar-refractivity contribution in [1.82, 2.24) is 4.68 Å². The van der Waals surface area contributed by atoms with Gasteiger partial charge < -0.3 is 0 Å². The Morgan fingerprint density at radius 1 is 0.842 bits per heavy atom. The summed E-state index contributed by atoms with van der Waals surface area (Å²) in [6, 6.07) is 16.2. The molecule has 0 amide bonds. The van der Waals surface area contributed by atoms with E-state index in [9.17, 15) is 0 Å². The fourth-order valence-electron chi connectivity index (χ4n) is 2.38. The lowest BCUT2D eigenvalue weighted by molar-refractivity contribution is 0.830. The lowest BCUT2D eigenvalue weighted by Gasteiger charge is -2.00. The Hall–Kier alpha value is -2.68. The molecule has 0 radical (unpaired) electrons. The number of hydrogen-bond donors (Lipinski definition) is 0. The van der Waals surface area contributed by atoms with E-state index < -0.39 is 0 Å². The largest absolute Gasteiger partial charge is 0.254 e. The van der Waals surface area contributed by atoms with E-state index in [1.165, 1.54) is 10.8 Å². The summed E-state index contributed by atoms with van der Waals surface area (Å²) < 4.78 is 1.93. The quantitative estimate of drug-likeness (QED) is 0.582. The summed E-state index contributed by atoms with van der Waals surface area (Å²) in [6.45, 7) is 0. The zero-order valence-corrected chi connectivity index (χ0v) is 10.2. The van der Waals surface area contributed by atoms with Crippen LogP contribution in [0.3, 0.4) is 0 Å². The summed E-state index contributed by atoms with van der Waals surface area (Å²) in [5.74, 6) is 0. The second kappa shape index (κ2) is 3.92. The van der Waals surface area contributed by atoms with Gasteiger partial charge in [-0.15, -0.1) is 0 Å². The number of para-hydroxylation sites is 1. The standard InChI is InChI=1S/C16H11N3/c1-2-6-13-12(5-1)11-19-16(13)9-10-17-14-7-3-4-8-15(14)18-19/h1-11H/b10-9-,17-14+,18-15-. The molecule has 0 spiro atoms. The molecule has 0 saturated heterocycles. The molecular weight excluding hydrogens is 234 g/mol. The van der Waals surface area contributed by atoms with Crippen LogP contribution in [0.1, 0.15) is 5.69 Å². The predicted octanol–water partition coefficient (Wildman–Crippen LogP) is 2.33. The van der Waals surface area contributed by atoms with Gasteiger partial charge in [-0.25, -0.2) is 4.68 Å². The van der Waals surface area contributed by atoms with Crippen molar-refractivity contribution in [3.63, 3.8) is 0 Å². The number of rotatable bonds is 0. The minimum atomic E-state index is 0.883. The molecule has 0 unspecified atom stereocenters. The highest BCUT2D eigenvalue weighted by molar-refractivity contribution is 5.90. The van der Waals surface area contributed by atoms with Crippen LogP contribution in [0.2, 0.25) is 0 Å². The van der Waals surface area contributed by atoms with Crippen LogP contribution < -0.4 is 10.7 Å². The molecule has 3 heteroatoms. The van der Waals surface area contributed by atoms with Gasteiger partial charge in [-0.2, -0.15) is 5.10 Å². The minimum Gasteiger partial charge on any atom is -0.254 e. The molecule has 0 bridgehead atoms. The Bertz CT molecular complexity index is 917. The van der Waals surface area contributed by atoms with E-state index >= 15 is 0 Å². The average molecular weight is 245 g/mol. The Balaban J connectivity index is 2.14. The third-order valence-corrected chi connectivity index (χ3v) is 3.29. The van der Waals surface area contributed by atoms with Gasteiger partial charge >= 0.3 is 0 Å². The SMILES string of the molecule is C1=C/c2c3ccccc3cn2/N=c2/cccc/c2=N\1. The molecule has 2 aromatic carbocycles. The zero-order valence-electron chi connectivity index (χ0n) is 10.2. The Kier molecular flexibility index (Phi) is 2.12. The molecule has 0 fully saturated rings. The zero-order chi connectivity index (χ0) is 12.7. The van der Waals surface area contributed by atoms with Crippen LogP contribution in [-0.4, -0.2) is 4.68 Å². The van der Waals surface area contributed by atoms with Gasteiger partial charge in [0.2, 0.25) is 0 Å². The van der Waals surface area contributed by atoms with Crippen molar-refractivity contribution in [2.24, 2.45) is 10.1 Å². The van der Waals surface area contributed by atoms with Crippen LogP contribution in [0.4, 0.5) is 0 Å². The van der Waals surface area contributed by atoms with Crippen LogP contribution in [-0.2, 0) is 0 Å². The Morgan fingerprint density at radius 2 is 1.63 bits per heavy atom. The van der Waals surface area contributed by atoms with Crippen molar-refractivity contribution in [3.8, 4) is 0 Å². The van der Waals surface area contributed by atoms with E-state index in [4.69, 9.17) is 0 Å². The maximum absolute atomic E-state index is 4.67. The Morgan fingerprint density at radius 3 is 2.58 bits per heavy atom. The lowest BCUT2D eigenvalue weighted by atomic mass is 10.2. The molecule has 1 aromatic heterocycles. The summed E-state index contributed by atoms with van der Waals surface area (Å²) >= 11 is 0. The van der Waals surface area contributed by atoms with Gasteiger partial charge in [-0.1, -0.05) is 36.4 Å². The van der Waals surface area contributed by atoms with Crippen LogP contribution >= 0.6 is 0 Å². The number of benzene rings is 2. The van der Waals surface area contributed by atoms with E-state index in [0.717, 1.165) is 16.4 Å². The highest BCUT2D eigenvalue weighted by atomic mass is 15.3. The molecule has 0 aliphatic carbocycles. The van der Waals surface area contributed by atoms with Crippen molar-refractivity contribution in [2.75, 3.05) is 0 Å². The second-order valence-electron chi connectivity index (χ2n) is 4.48. The van der Waals surface area contributed by atoms with E-state index in [-0.39, 0.29) is 0 Å². The highest BCUT2D eigenvalue weighted by Gasteiger charge is 2.06. The number of aromatic nitrogens is 1. The number of fused-ring (bicyclic) bond motifs is 4. The van der Waals surface area contributed by atoms with Gasteiger partial charge in [0.15, 0.2) is 0 Å². The van der Waals surface area contributed by atoms with Gasteiger partial charge in [-0.05, 0) is 18.2 Å². The Labute approximate surface area is 109 Å². The fourth-order valence-corrected chi connectivity index (χ4v) is 2.38. The van der Waals surface area contributed by atoms with Crippen LogP contribution in [0.15, 0.2) is 71.0 Å². The van der Waals surface area contributed by atoms with Crippen molar-refractivity contribution < 1.29 is 0 Å². The first-order valence-corrected chi connectivity index (χ1v) is 6.20. The molecule has 1 aliphatic heterocycles. The summed E-state index contributed by atoms with van der Waals surface area (Å²) in [5, 5.41) is 8.82. The fraction of sp³-hybridized carbons (Fsp3) is 0. The third kappa shape index (κ3) is 1.59. The van der Waals surface area contributed by atoms with E-state index in [0.29, 0.717) is 0 Å². The lowest BCUT2D eigenvalue weighted by Crippen LogP contribution is -2.26. The van der Waals surface area contributed by atoms with Crippen molar-refractivity contribution >= 4 is 16.8 Å². The number of hydrogen-bond acceptors (Lipinski definition) is 2. The second-order valence-corrected chi connectivity index (χ2v) is 4.48. The topological polar surface area (TPSA) is 29.6 Å². The molecular formula is C16H11N3. The molecule has 0 N–H and O–H groups in total. The van der Waals surface area contributed by atoms with E-state index in [1.807, 2.05) is 53.4 Å². The summed E-state index contributed by atoms with van der Waals surface area (Å²) in [4.78, 5) is 4.44. The molecule has 2 heterocycles. The summed E-state index contributed by atoms with van der Waals surface area (Å²) in [6.07, 6.45) is 5.89. The summed E-state index contributed by atoms with van der Waals surface area (Å²) in [7, 11) is 0. The van der Waals surface area contributed by atoms with Crippen molar-refractivity contribution in [1.29, 1.82) is 0 Å². The van der Waals surface area contributed by atoms with Gasteiger partial charge in [0.25, 0.3) is 0 Å². The molecule has 3 aromatic rings. The van der Waals surface area contributed by atoms with Crippen molar-refractivity contribution in [3.05, 3.63) is 77.3 Å².